The fourth-order valence-electron chi connectivity index (χ4n) is 1.49. The molecule has 1 N–H and O–H groups in total. The molecule has 5 heteroatoms. The first-order valence-corrected chi connectivity index (χ1v) is 6.40. The van der Waals surface area contributed by atoms with E-state index in [1.54, 1.807) is 11.8 Å². The normalized spacial score (nSPS) is 15.3. The summed E-state index contributed by atoms with van der Waals surface area (Å²) < 4.78 is 4.93. The number of aliphatic carboxylic acids is 1. The van der Waals surface area contributed by atoms with Crippen molar-refractivity contribution >= 4 is 17.7 Å². The first-order valence-electron chi connectivity index (χ1n) is 5.01. The Morgan fingerprint density at radius 2 is 2.20 bits per heavy atom. The number of ether oxygens (including phenoxy) is 1. The quantitative estimate of drug-likeness (QED) is 0.684. The average Bonchev–Trinajstić information content (AvgIpc) is 2.21. The number of rotatable bonds is 8. The predicted octanol–water partition coefficient (Wildman–Crippen LogP) is 1.16. The molecule has 2 unspecified atom stereocenters. The second-order valence-corrected chi connectivity index (χ2v) is 4.40. The van der Waals surface area contributed by atoms with Gasteiger partial charge in [-0.05, 0) is 19.7 Å². The zero-order chi connectivity index (χ0) is 11.8. The Balaban J connectivity index is 4.43. The Bertz CT molecular complexity index is 190. The van der Waals surface area contributed by atoms with Crippen molar-refractivity contribution < 1.29 is 14.6 Å². The van der Waals surface area contributed by atoms with Gasteiger partial charge in [0.2, 0.25) is 0 Å². The maximum Gasteiger partial charge on any atom is 0.323 e. The highest BCUT2D eigenvalue weighted by molar-refractivity contribution is 7.98. The summed E-state index contributed by atoms with van der Waals surface area (Å²) in [4.78, 5) is 12.9. The second kappa shape index (κ2) is 7.96. The van der Waals surface area contributed by atoms with Crippen molar-refractivity contribution in [1.82, 2.24) is 4.90 Å². The van der Waals surface area contributed by atoms with Crippen LogP contribution in [-0.2, 0) is 9.53 Å². The fourth-order valence-corrected chi connectivity index (χ4v) is 2.35. The van der Waals surface area contributed by atoms with Crippen LogP contribution < -0.4 is 0 Å². The number of nitrogens with zero attached hydrogens (tertiary/aromatic N) is 1. The number of thioether (sulfide) groups is 1. The van der Waals surface area contributed by atoms with E-state index in [-0.39, 0.29) is 12.6 Å². The summed E-state index contributed by atoms with van der Waals surface area (Å²) in [7, 11) is 3.38. The third kappa shape index (κ3) is 4.86. The van der Waals surface area contributed by atoms with Crippen LogP contribution in [0, 0.1) is 0 Å². The summed E-state index contributed by atoms with van der Waals surface area (Å²) in [5.74, 6) is 0.124. The van der Waals surface area contributed by atoms with Crippen molar-refractivity contribution in [3.8, 4) is 0 Å². The largest absolute Gasteiger partial charge is 0.480 e. The van der Waals surface area contributed by atoms with Gasteiger partial charge in [0, 0.05) is 18.9 Å². The van der Waals surface area contributed by atoms with Crippen LogP contribution in [-0.4, -0.2) is 60.8 Å². The van der Waals surface area contributed by atoms with E-state index in [9.17, 15) is 4.79 Å². The molecule has 0 aromatic rings. The van der Waals surface area contributed by atoms with Gasteiger partial charge in [-0.3, -0.25) is 9.69 Å². The molecule has 0 saturated carbocycles. The van der Waals surface area contributed by atoms with Crippen LogP contribution in [0.25, 0.3) is 0 Å². The fraction of sp³-hybridized carbons (Fsp3) is 0.900. The van der Waals surface area contributed by atoms with Crippen LogP contribution in [0.2, 0.25) is 0 Å². The van der Waals surface area contributed by atoms with Gasteiger partial charge in [-0.1, -0.05) is 6.92 Å². The second-order valence-electron chi connectivity index (χ2n) is 3.49. The molecule has 0 spiro atoms. The molecular formula is C10H21NO3S. The van der Waals surface area contributed by atoms with Crippen molar-refractivity contribution in [2.75, 3.05) is 32.8 Å². The molecule has 0 bridgehead atoms. The highest BCUT2D eigenvalue weighted by Crippen LogP contribution is 2.12. The lowest BCUT2D eigenvalue weighted by molar-refractivity contribution is -0.145. The smallest absolute Gasteiger partial charge is 0.323 e. The summed E-state index contributed by atoms with van der Waals surface area (Å²) in [6.45, 7) is 2.31. The Morgan fingerprint density at radius 1 is 1.60 bits per heavy atom. The number of carboxylic acid groups (broad SMARTS) is 1. The minimum Gasteiger partial charge on any atom is -0.480 e. The van der Waals surface area contributed by atoms with Gasteiger partial charge in [0.1, 0.15) is 6.04 Å². The zero-order valence-electron chi connectivity index (χ0n) is 9.90. The summed E-state index contributed by atoms with van der Waals surface area (Å²) in [6.07, 6.45) is 2.98. The highest BCUT2D eigenvalue weighted by Gasteiger charge is 2.27. The van der Waals surface area contributed by atoms with Gasteiger partial charge in [0.25, 0.3) is 0 Å². The molecule has 0 aliphatic heterocycles. The van der Waals surface area contributed by atoms with Gasteiger partial charge in [-0.2, -0.15) is 11.8 Å². The molecule has 0 aromatic heterocycles. The molecule has 15 heavy (non-hydrogen) atoms. The van der Waals surface area contributed by atoms with E-state index >= 15 is 0 Å². The SMILES string of the molecule is CCC(CSC)N(C)C(COC)C(=O)O. The molecular weight excluding hydrogens is 214 g/mol. The molecule has 0 amide bonds. The lowest BCUT2D eigenvalue weighted by Gasteiger charge is -2.31. The Hall–Kier alpha value is -0.260. The van der Waals surface area contributed by atoms with Crippen molar-refractivity contribution in [2.24, 2.45) is 0 Å². The number of hydrogen-bond donors (Lipinski definition) is 1. The molecule has 0 aliphatic carbocycles. The summed E-state index contributed by atoms with van der Waals surface area (Å²) >= 11 is 1.73. The van der Waals surface area contributed by atoms with E-state index in [0.29, 0.717) is 0 Å². The van der Waals surface area contributed by atoms with Crippen molar-refractivity contribution in [3.63, 3.8) is 0 Å². The van der Waals surface area contributed by atoms with Crippen molar-refractivity contribution in [2.45, 2.75) is 25.4 Å². The van der Waals surface area contributed by atoms with E-state index in [1.807, 2.05) is 18.2 Å². The molecule has 0 radical (unpaired) electrons. The van der Waals surface area contributed by atoms with Gasteiger partial charge in [0.05, 0.1) is 6.61 Å². The lowest BCUT2D eigenvalue weighted by Crippen LogP contribution is -2.48. The van der Waals surface area contributed by atoms with Gasteiger partial charge >= 0.3 is 5.97 Å². The van der Waals surface area contributed by atoms with Crippen LogP contribution in [0.1, 0.15) is 13.3 Å². The van der Waals surface area contributed by atoms with Gasteiger partial charge < -0.3 is 9.84 Å². The third-order valence-electron chi connectivity index (χ3n) is 2.51. The summed E-state index contributed by atoms with van der Waals surface area (Å²) in [6, 6.07) is -0.261. The van der Waals surface area contributed by atoms with Gasteiger partial charge in [-0.25, -0.2) is 0 Å². The molecule has 90 valence electrons. The lowest BCUT2D eigenvalue weighted by atomic mass is 10.1. The van der Waals surface area contributed by atoms with E-state index in [0.717, 1.165) is 12.2 Å². The van der Waals surface area contributed by atoms with Gasteiger partial charge in [0.15, 0.2) is 0 Å². The predicted molar refractivity (Wildman–Crippen MR) is 63.5 cm³/mol. The molecule has 0 heterocycles. The number of methoxy groups -OCH3 is 1. The topological polar surface area (TPSA) is 49.8 Å². The number of hydrogen-bond acceptors (Lipinski definition) is 4. The maximum absolute atomic E-state index is 11.0. The molecule has 0 fully saturated rings. The molecule has 4 nitrogen and oxygen atoms in total. The van der Waals surface area contributed by atoms with Crippen LogP contribution in [0.3, 0.4) is 0 Å². The first kappa shape index (κ1) is 14.7. The molecule has 0 aliphatic rings. The number of carbonyl (C=O) groups is 1. The van der Waals surface area contributed by atoms with Crippen molar-refractivity contribution in [1.29, 1.82) is 0 Å². The van der Waals surface area contributed by atoms with E-state index in [1.165, 1.54) is 7.11 Å². The summed E-state index contributed by atoms with van der Waals surface area (Å²) in [5, 5.41) is 9.06. The van der Waals surface area contributed by atoms with Crippen LogP contribution in [0.15, 0.2) is 0 Å². The van der Waals surface area contributed by atoms with E-state index < -0.39 is 12.0 Å². The Labute approximate surface area is 96.0 Å². The zero-order valence-corrected chi connectivity index (χ0v) is 10.7. The van der Waals surface area contributed by atoms with Crippen molar-refractivity contribution in [3.05, 3.63) is 0 Å². The standard InChI is InChI=1S/C10H21NO3S/c1-5-8(7-15-4)11(2)9(6-14-3)10(12)13/h8-9H,5-7H2,1-4H3,(H,12,13). The molecule has 0 saturated heterocycles. The third-order valence-corrected chi connectivity index (χ3v) is 3.23. The minimum atomic E-state index is -0.820. The monoisotopic (exact) mass is 235 g/mol. The Kier molecular flexibility index (Phi) is 7.82. The summed E-state index contributed by atoms with van der Waals surface area (Å²) in [5.41, 5.74) is 0. The van der Waals surface area contributed by atoms with Gasteiger partial charge in [-0.15, -0.1) is 0 Å². The highest BCUT2D eigenvalue weighted by atomic mass is 32.2. The maximum atomic E-state index is 11.0. The molecule has 2 atom stereocenters. The van der Waals surface area contributed by atoms with Crippen LogP contribution >= 0.6 is 11.8 Å². The van der Waals surface area contributed by atoms with Crippen LogP contribution in [0.5, 0.6) is 0 Å². The van der Waals surface area contributed by atoms with E-state index in [4.69, 9.17) is 9.84 Å². The average molecular weight is 235 g/mol. The molecule has 0 rings (SSSR count). The van der Waals surface area contributed by atoms with Crippen LogP contribution in [0.4, 0.5) is 0 Å². The minimum absolute atomic E-state index is 0.233. The number of likely N-dealkylation sites (N-methyl/N-ethyl adjacent to an activating group) is 1. The number of carboxylic acids is 1. The first-order chi connectivity index (χ1) is 7.08. The molecule has 0 aromatic carbocycles. The Morgan fingerprint density at radius 3 is 2.53 bits per heavy atom. The van der Waals surface area contributed by atoms with E-state index in [2.05, 4.69) is 6.92 Å².